The molecule has 0 aliphatic heterocycles. The van der Waals surface area contributed by atoms with Crippen molar-refractivity contribution in [2.45, 2.75) is 20.0 Å². The lowest BCUT2D eigenvalue weighted by molar-refractivity contribution is 0.473. The van der Waals surface area contributed by atoms with Crippen molar-refractivity contribution in [2.75, 3.05) is 7.05 Å². The lowest BCUT2D eigenvalue weighted by atomic mass is 10.2. The average Bonchev–Trinajstić information content (AvgIpc) is 2.80. The van der Waals surface area contributed by atoms with Crippen molar-refractivity contribution in [1.82, 2.24) is 15.1 Å². The summed E-state index contributed by atoms with van der Waals surface area (Å²) in [6.45, 7) is 3.58. The van der Waals surface area contributed by atoms with Gasteiger partial charge in [-0.1, -0.05) is 17.7 Å². The molecule has 1 heterocycles. The third-order valence-electron chi connectivity index (χ3n) is 2.56. The molecule has 0 fully saturated rings. The molecule has 0 saturated carbocycles. The second-order valence-corrected chi connectivity index (χ2v) is 4.35. The van der Waals surface area contributed by atoms with Gasteiger partial charge in [0.2, 0.25) is 0 Å². The minimum atomic E-state index is 0.660. The Balaban J connectivity index is 2.23. The van der Waals surface area contributed by atoms with Crippen LogP contribution in [-0.2, 0) is 13.1 Å². The highest BCUT2D eigenvalue weighted by molar-refractivity contribution is 6.30. The third kappa shape index (κ3) is 3.03. The highest BCUT2D eigenvalue weighted by atomic mass is 35.5. The molecule has 0 amide bonds. The standard InChI is InChI=1S/C13H16ClN3O/c1-3-17-9-12(8-16-17)18-13-6-11(14)5-4-10(13)7-15-2/h4-6,8-9,15H,3,7H2,1-2H3. The summed E-state index contributed by atoms with van der Waals surface area (Å²) in [5.41, 5.74) is 1.06. The monoisotopic (exact) mass is 265 g/mol. The smallest absolute Gasteiger partial charge is 0.165 e. The van der Waals surface area contributed by atoms with Crippen molar-refractivity contribution < 1.29 is 4.74 Å². The molecule has 0 saturated heterocycles. The van der Waals surface area contributed by atoms with Gasteiger partial charge in [0, 0.05) is 23.7 Å². The second-order valence-electron chi connectivity index (χ2n) is 3.92. The van der Waals surface area contributed by atoms with E-state index in [1.807, 2.05) is 43.0 Å². The molecule has 0 aliphatic rings. The number of benzene rings is 1. The quantitative estimate of drug-likeness (QED) is 0.903. The Labute approximate surface area is 112 Å². The summed E-state index contributed by atoms with van der Waals surface area (Å²) in [7, 11) is 1.90. The SMILES string of the molecule is CCn1cc(Oc2cc(Cl)ccc2CNC)cn1. The summed E-state index contributed by atoms with van der Waals surface area (Å²) in [5, 5.41) is 7.93. The molecule has 96 valence electrons. The Morgan fingerprint density at radius 3 is 2.94 bits per heavy atom. The minimum Gasteiger partial charge on any atom is -0.454 e. The average molecular weight is 266 g/mol. The summed E-state index contributed by atoms with van der Waals surface area (Å²) in [6, 6.07) is 5.63. The van der Waals surface area contributed by atoms with Crippen LogP contribution in [-0.4, -0.2) is 16.8 Å². The number of rotatable bonds is 5. The van der Waals surface area contributed by atoms with E-state index in [0.29, 0.717) is 5.02 Å². The molecule has 5 heteroatoms. The maximum Gasteiger partial charge on any atom is 0.165 e. The van der Waals surface area contributed by atoms with Crippen LogP contribution >= 0.6 is 11.6 Å². The van der Waals surface area contributed by atoms with E-state index >= 15 is 0 Å². The summed E-state index contributed by atoms with van der Waals surface area (Å²) < 4.78 is 7.63. The Kier molecular flexibility index (Phi) is 4.23. The summed E-state index contributed by atoms with van der Waals surface area (Å²) >= 11 is 5.99. The molecule has 0 radical (unpaired) electrons. The van der Waals surface area contributed by atoms with Crippen LogP contribution in [0.3, 0.4) is 0 Å². The summed E-state index contributed by atoms with van der Waals surface area (Å²) in [6.07, 6.45) is 3.57. The molecule has 1 aromatic carbocycles. The van der Waals surface area contributed by atoms with Crippen LogP contribution in [0.15, 0.2) is 30.6 Å². The highest BCUT2D eigenvalue weighted by Gasteiger charge is 2.07. The van der Waals surface area contributed by atoms with Crippen molar-refractivity contribution in [3.8, 4) is 11.5 Å². The van der Waals surface area contributed by atoms with Crippen LogP contribution in [0.25, 0.3) is 0 Å². The lowest BCUT2D eigenvalue weighted by Crippen LogP contribution is -2.06. The molecule has 2 aromatic rings. The fourth-order valence-corrected chi connectivity index (χ4v) is 1.82. The fourth-order valence-electron chi connectivity index (χ4n) is 1.66. The zero-order valence-corrected chi connectivity index (χ0v) is 11.2. The van der Waals surface area contributed by atoms with E-state index in [4.69, 9.17) is 16.3 Å². The first-order chi connectivity index (χ1) is 8.72. The summed E-state index contributed by atoms with van der Waals surface area (Å²) in [4.78, 5) is 0. The molecule has 0 atom stereocenters. The van der Waals surface area contributed by atoms with Crippen LogP contribution in [0.2, 0.25) is 5.02 Å². The van der Waals surface area contributed by atoms with Crippen molar-refractivity contribution in [1.29, 1.82) is 0 Å². The molecule has 2 rings (SSSR count). The van der Waals surface area contributed by atoms with Gasteiger partial charge in [0.05, 0.1) is 12.4 Å². The van der Waals surface area contributed by atoms with Gasteiger partial charge in [-0.05, 0) is 26.1 Å². The van der Waals surface area contributed by atoms with Crippen LogP contribution in [0.5, 0.6) is 11.5 Å². The van der Waals surface area contributed by atoms with Crippen molar-refractivity contribution >= 4 is 11.6 Å². The van der Waals surface area contributed by atoms with E-state index in [-0.39, 0.29) is 0 Å². The normalized spacial score (nSPS) is 10.6. The van der Waals surface area contributed by atoms with E-state index in [1.54, 1.807) is 6.20 Å². The van der Waals surface area contributed by atoms with Gasteiger partial charge in [-0.3, -0.25) is 4.68 Å². The minimum absolute atomic E-state index is 0.660. The second kappa shape index (κ2) is 5.89. The number of hydrogen-bond acceptors (Lipinski definition) is 3. The van der Waals surface area contributed by atoms with Gasteiger partial charge in [0.15, 0.2) is 5.75 Å². The number of halogens is 1. The maximum atomic E-state index is 5.99. The number of hydrogen-bond donors (Lipinski definition) is 1. The molecule has 0 unspecified atom stereocenters. The molecule has 0 aliphatic carbocycles. The van der Waals surface area contributed by atoms with E-state index in [9.17, 15) is 0 Å². The van der Waals surface area contributed by atoms with Crippen molar-refractivity contribution in [3.05, 3.63) is 41.2 Å². The molecule has 0 spiro atoms. The van der Waals surface area contributed by atoms with Crippen molar-refractivity contribution in [3.63, 3.8) is 0 Å². The number of nitrogens with zero attached hydrogens (tertiary/aromatic N) is 2. The number of aryl methyl sites for hydroxylation is 1. The van der Waals surface area contributed by atoms with Crippen LogP contribution in [0, 0.1) is 0 Å². The molecule has 1 aromatic heterocycles. The summed E-state index contributed by atoms with van der Waals surface area (Å²) in [5.74, 6) is 1.48. The first-order valence-electron chi connectivity index (χ1n) is 5.86. The van der Waals surface area contributed by atoms with Gasteiger partial charge in [0.25, 0.3) is 0 Å². The molecule has 1 N–H and O–H groups in total. The molecule has 4 nitrogen and oxygen atoms in total. The molecular formula is C13H16ClN3O. The van der Waals surface area contributed by atoms with Gasteiger partial charge in [-0.15, -0.1) is 0 Å². The topological polar surface area (TPSA) is 39.1 Å². The van der Waals surface area contributed by atoms with Crippen LogP contribution in [0.4, 0.5) is 0 Å². The third-order valence-corrected chi connectivity index (χ3v) is 2.79. The van der Waals surface area contributed by atoms with E-state index < -0.39 is 0 Å². The number of aromatic nitrogens is 2. The number of nitrogens with one attached hydrogen (secondary N) is 1. The zero-order chi connectivity index (χ0) is 13.0. The van der Waals surface area contributed by atoms with Crippen molar-refractivity contribution in [2.24, 2.45) is 0 Å². The Morgan fingerprint density at radius 1 is 1.44 bits per heavy atom. The van der Waals surface area contributed by atoms with Crippen LogP contribution < -0.4 is 10.1 Å². The predicted octanol–water partition coefficient (Wildman–Crippen LogP) is 3.07. The molecule has 0 bridgehead atoms. The van der Waals surface area contributed by atoms with Crippen LogP contribution in [0.1, 0.15) is 12.5 Å². The first kappa shape index (κ1) is 12.9. The largest absolute Gasteiger partial charge is 0.454 e. The Hall–Kier alpha value is -1.52. The Bertz CT molecular complexity index is 525. The predicted molar refractivity (Wildman–Crippen MR) is 72.2 cm³/mol. The lowest BCUT2D eigenvalue weighted by Gasteiger charge is -2.09. The van der Waals surface area contributed by atoms with Gasteiger partial charge in [-0.25, -0.2) is 0 Å². The van der Waals surface area contributed by atoms with Gasteiger partial charge < -0.3 is 10.1 Å². The van der Waals surface area contributed by atoms with Gasteiger partial charge >= 0.3 is 0 Å². The number of ether oxygens (including phenoxy) is 1. The maximum absolute atomic E-state index is 5.99. The van der Waals surface area contributed by atoms with Gasteiger partial charge in [-0.2, -0.15) is 5.10 Å². The molecule has 18 heavy (non-hydrogen) atoms. The molecular weight excluding hydrogens is 250 g/mol. The van der Waals surface area contributed by atoms with E-state index in [2.05, 4.69) is 10.4 Å². The fraction of sp³-hybridized carbons (Fsp3) is 0.308. The van der Waals surface area contributed by atoms with E-state index in [1.165, 1.54) is 0 Å². The van der Waals surface area contributed by atoms with Gasteiger partial charge in [0.1, 0.15) is 5.75 Å². The zero-order valence-electron chi connectivity index (χ0n) is 10.5. The highest BCUT2D eigenvalue weighted by Crippen LogP contribution is 2.28. The first-order valence-corrected chi connectivity index (χ1v) is 6.24. The van der Waals surface area contributed by atoms with E-state index in [0.717, 1.165) is 30.2 Å². The Morgan fingerprint density at radius 2 is 2.28 bits per heavy atom.